The Labute approximate surface area is 200 Å². The van der Waals surface area contributed by atoms with Crippen LogP contribution in [0, 0.1) is 24.4 Å². The molecule has 0 saturated carbocycles. The molecule has 0 aliphatic heterocycles. The van der Waals surface area contributed by atoms with Gasteiger partial charge in [-0.25, -0.2) is 23.1 Å². The van der Waals surface area contributed by atoms with E-state index in [0.29, 0.717) is 33.3 Å². The van der Waals surface area contributed by atoms with E-state index in [9.17, 15) is 13.2 Å². The van der Waals surface area contributed by atoms with Gasteiger partial charge in [-0.2, -0.15) is 0 Å². The van der Waals surface area contributed by atoms with Crippen LogP contribution < -0.4 is 10.6 Å². The van der Waals surface area contributed by atoms with Crippen LogP contribution in [0.1, 0.15) is 11.3 Å². The van der Waals surface area contributed by atoms with Crippen LogP contribution in [0.15, 0.2) is 42.5 Å². The summed E-state index contributed by atoms with van der Waals surface area (Å²) < 4.78 is 43.9. The first-order valence-corrected chi connectivity index (χ1v) is 13.0. The van der Waals surface area contributed by atoms with Crippen molar-refractivity contribution < 1.29 is 13.2 Å². The Hall–Kier alpha value is -2.40. The molecule has 170 valence electrons. The highest BCUT2D eigenvalue weighted by Crippen LogP contribution is 2.35. The summed E-state index contributed by atoms with van der Waals surface area (Å²) >= 11 is 12.4. The molecule has 9 heteroatoms. The molecule has 33 heavy (non-hydrogen) atoms. The second kappa shape index (κ2) is 9.46. The highest BCUT2D eigenvalue weighted by atomic mass is 35.5. The number of rotatable bonds is 5. The molecule has 4 rings (SSSR count). The quantitative estimate of drug-likeness (QED) is 0.288. The number of pyridine rings is 2. The molecule has 0 radical (unpaired) electrons. The maximum Gasteiger partial charge on any atom is 0.151 e. The van der Waals surface area contributed by atoms with E-state index < -0.39 is 25.4 Å². The van der Waals surface area contributed by atoms with Crippen molar-refractivity contribution >= 4 is 53.1 Å². The Balaban J connectivity index is 1.82. The van der Waals surface area contributed by atoms with Crippen LogP contribution in [0.2, 0.25) is 10.0 Å². The number of nitrogens with one attached hydrogen (secondary N) is 1. The van der Waals surface area contributed by atoms with Crippen LogP contribution in [-0.2, 0) is 6.54 Å². The third kappa shape index (κ3) is 4.65. The number of aromatic nitrogens is 2. The van der Waals surface area contributed by atoms with Crippen molar-refractivity contribution in [2.24, 2.45) is 0 Å². The normalized spacial score (nSPS) is 11.4. The van der Waals surface area contributed by atoms with Gasteiger partial charge >= 0.3 is 0 Å². The Kier molecular flexibility index (Phi) is 6.81. The molecule has 0 bridgehead atoms. The highest BCUT2D eigenvalue weighted by Gasteiger charge is 2.19. The number of hydrogen-bond acceptors (Lipinski definition) is 3. The van der Waals surface area contributed by atoms with Gasteiger partial charge in [0.2, 0.25) is 0 Å². The molecule has 3 nitrogen and oxygen atoms in total. The Bertz CT molecular complexity index is 1380. The Morgan fingerprint density at radius 3 is 2.42 bits per heavy atom. The van der Waals surface area contributed by atoms with Crippen LogP contribution in [0.25, 0.3) is 22.3 Å². The van der Waals surface area contributed by atoms with E-state index in [-0.39, 0.29) is 27.8 Å². The van der Waals surface area contributed by atoms with E-state index in [4.69, 9.17) is 23.2 Å². The SMILES string of the molecule is Cc1nc2cc(F)c(-c3ccc(P(C)C)c(F)c3)nc2c(NCc2cccc(Cl)c2F)c1Cl. The van der Waals surface area contributed by atoms with E-state index in [2.05, 4.69) is 15.3 Å². The zero-order valence-corrected chi connectivity index (χ0v) is 20.4. The van der Waals surface area contributed by atoms with E-state index in [1.807, 2.05) is 13.3 Å². The number of fused-ring (bicyclic) bond motifs is 1. The number of nitrogens with zero attached hydrogens (tertiary/aromatic N) is 2. The van der Waals surface area contributed by atoms with E-state index >= 15 is 0 Å². The average molecular weight is 508 g/mol. The minimum atomic E-state index is -0.646. The topological polar surface area (TPSA) is 37.8 Å². The average Bonchev–Trinajstić information content (AvgIpc) is 2.76. The van der Waals surface area contributed by atoms with Gasteiger partial charge < -0.3 is 5.32 Å². The van der Waals surface area contributed by atoms with Crippen molar-refractivity contribution in [3.8, 4) is 11.3 Å². The lowest BCUT2D eigenvalue weighted by Crippen LogP contribution is -2.07. The van der Waals surface area contributed by atoms with Crippen molar-refractivity contribution in [3.63, 3.8) is 0 Å². The van der Waals surface area contributed by atoms with Crippen molar-refractivity contribution in [1.82, 2.24) is 9.97 Å². The molecule has 1 N–H and O–H groups in total. The molecule has 0 aliphatic rings. The summed E-state index contributed by atoms with van der Waals surface area (Å²) in [7, 11) is -0.646. The van der Waals surface area contributed by atoms with Crippen LogP contribution in [0.4, 0.5) is 18.9 Å². The minimum absolute atomic E-state index is 0.00643. The Morgan fingerprint density at radius 2 is 1.73 bits per heavy atom. The summed E-state index contributed by atoms with van der Waals surface area (Å²) in [5.74, 6) is -1.58. The first-order valence-electron chi connectivity index (χ1n) is 9.97. The van der Waals surface area contributed by atoms with Gasteiger partial charge in [0.25, 0.3) is 0 Å². The maximum absolute atomic E-state index is 15.0. The summed E-state index contributed by atoms with van der Waals surface area (Å²) in [6.07, 6.45) is 0. The van der Waals surface area contributed by atoms with Gasteiger partial charge in [0.15, 0.2) is 5.82 Å². The fraction of sp³-hybridized carbons (Fsp3) is 0.167. The second-order valence-electron chi connectivity index (χ2n) is 7.70. The van der Waals surface area contributed by atoms with Crippen LogP contribution in [-0.4, -0.2) is 23.3 Å². The number of aryl methyl sites for hydroxylation is 1. The van der Waals surface area contributed by atoms with Crippen molar-refractivity contribution in [3.05, 3.63) is 81.2 Å². The lowest BCUT2D eigenvalue weighted by molar-refractivity contribution is 0.613. The van der Waals surface area contributed by atoms with Gasteiger partial charge in [-0.15, -0.1) is 0 Å². The molecule has 0 saturated heterocycles. The maximum atomic E-state index is 15.0. The van der Waals surface area contributed by atoms with E-state index in [1.54, 1.807) is 31.2 Å². The van der Waals surface area contributed by atoms with Crippen LogP contribution in [0.5, 0.6) is 0 Å². The third-order valence-corrected chi connectivity index (χ3v) is 7.29. The predicted octanol–water partition coefficient (Wildman–Crippen LogP) is 7.31. The first kappa shape index (κ1) is 23.7. The summed E-state index contributed by atoms with van der Waals surface area (Å²) in [5, 5.41) is 3.97. The van der Waals surface area contributed by atoms with E-state index in [1.165, 1.54) is 18.2 Å². The van der Waals surface area contributed by atoms with Crippen molar-refractivity contribution in [2.75, 3.05) is 18.6 Å². The summed E-state index contributed by atoms with van der Waals surface area (Å²) in [6.45, 7) is 5.64. The van der Waals surface area contributed by atoms with E-state index in [0.717, 1.165) is 0 Å². The third-order valence-electron chi connectivity index (χ3n) is 5.21. The van der Waals surface area contributed by atoms with Crippen molar-refractivity contribution in [2.45, 2.75) is 13.5 Å². The number of benzene rings is 2. The standard InChI is InChI=1S/C24H19Cl2F3N3P/c1-12-20(26)24(30-11-14-5-4-6-15(25)21(14)29)23-18(31-12)10-17(28)22(32-23)13-7-8-19(33(2)3)16(27)9-13/h4-10H,11H2,1-3H3,(H,30,31). The van der Waals surface area contributed by atoms with Crippen LogP contribution >= 0.6 is 31.1 Å². The number of anilines is 1. The molecular formula is C24H19Cl2F3N3P. The monoisotopic (exact) mass is 507 g/mol. The number of hydrogen-bond donors (Lipinski definition) is 1. The zero-order chi connectivity index (χ0) is 23.9. The van der Waals surface area contributed by atoms with Gasteiger partial charge in [-0.1, -0.05) is 55.4 Å². The molecular weight excluding hydrogens is 489 g/mol. The van der Waals surface area contributed by atoms with Crippen LogP contribution in [0.3, 0.4) is 0 Å². The lowest BCUT2D eigenvalue weighted by atomic mass is 10.1. The molecule has 2 heterocycles. The molecule has 4 aromatic rings. The first-order chi connectivity index (χ1) is 15.7. The highest BCUT2D eigenvalue weighted by molar-refractivity contribution is 7.64. The molecule has 0 fully saturated rings. The van der Waals surface area contributed by atoms with Gasteiger partial charge in [0.05, 0.1) is 26.9 Å². The zero-order valence-electron chi connectivity index (χ0n) is 18.0. The smallest absolute Gasteiger partial charge is 0.151 e. The Morgan fingerprint density at radius 1 is 0.970 bits per heavy atom. The second-order valence-corrected chi connectivity index (χ2v) is 10.8. The van der Waals surface area contributed by atoms with Gasteiger partial charge in [0, 0.05) is 29.0 Å². The molecule has 0 unspecified atom stereocenters. The summed E-state index contributed by atoms with van der Waals surface area (Å²) in [6, 6.07) is 10.5. The lowest BCUT2D eigenvalue weighted by Gasteiger charge is -2.15. The minimum Gasteiger partial charge on any atom is -0.378 e. The summed E-state index contributed by atoms with van der Waals surface area (Å²) in [4.78, 5) is 8.78. The molecule has 0 atom stereocenters. The summed E-state index contributed by atoms with van der Waals surface area (Å²) in [5.41, 5.74) is 2.01. The number of halogens is 5. The van der Waals surface area contributed by atoms with Gasteiger partial charge in [-0.3, -0.25) is 0 Å². The van der Waals surface area contributed by atoms with Gasteiger partial charge in [0.1, 0.15) is 22.8 Å². The molecule has 0 amide bonds. The fourth-order valence-electron chi connectivity index (χ4n) is 3.51. The van der Waals surface area contributed by atoms with Crippen molar-refractivity contribution in [1.29, 1.82) is 0 Å². The molecule has 2 aromatic heterocycles. The fourth-order valence-corrected chi connectivity index (χ4v) is 4.77. The molecule has 0 aliphatic carbocycles. The van der Waals surface area contributed by atoms with Gasteiger partial charge in [-0.05, 0) is 32.4 Å². The molecule has 2 aromatic carbocycles. The predicted molar refractivity (Wildman–Crippen MR) is 132 cm³/mol. The molecule has 0 spiro atoms. The largest absolute Gasteiger partial charge is 0.378 e.